The Morgan fingerprint density at radius 2 is 1.73 bits per heavy atom. The number of aromatic amines is 1. The van der Waals surface area contributed by atoms with E-state index in [9.17, 15) is 9.59 Å². The molecule has 200 valence electrons. The number of carbonyl (C=O) groups is 2. The van der Waals surface area contributed by atoms with Crippen molar-refractivity contribution in [2.24, 2.45) is 5.10 Å². The van der Waals surface area contributed by atoms with Gasteiger partial charge in [0.2, 0.25) is 0 Å². The number of carbonyl (C=O) groups excluding carboxylic acids is 2. The van der Waals surface area contributed by atoms with E-state index in [1.54, 1.807) is 61.7 Å². The number of rotatable bonds is 7. The number of halogens is 3. The molecule has 5 aromatic rings. The third-order valence-corrected chi connectivity index (χ3v) is 7.08. The molecule has 0 fully saturated rings. The van der Waals surface area contributed by atoms with Gasteiger partial charge in [-0.1, -0.05) is 69.5 Å². The lowest BCUT2D eigenvalue weighted by Gasteiger charge is -2.09. The van der Waals surface area contributed by atoms with Gasteiger partial charge in [0.05, 0.1) is 24.4 Å². The number of aromatic nitrogens is 1. The summed E-state index contributed by atoms with van der Waals surface area (Å²) in [6.45, 7) is 0. The molecular weight excluding hydrogens is 617 g/mol. The first kappa shape index (κ1) is 27.5. The van der Waals surface area contributed by atoms with Crippen LogP contribution in [0.25, 0.3) is 22.0 Å². The Kier molecular flexibility index (Phi) is 8.21. The zero-order valence-corrected chi connectivity index (χ0v) is 24.0. The van der Waals surface area contributed by atoms with Crippen molar-refractivity contribution in [3.05, 3.63) is 116 Å². The normalized spacial score (nSPS) is 11.1. The van der Waals surface area contributed by atoms with Crippen LogP contribution in [0, 0.1) is 0 Å². The summed E-state index contributed by atoms with van der Waals surface area (Å²) in [5, 5.41) is 5.91. The van der Waals surface area contributed by atoms with Crippen LogP contribution in [-0.2, 0) is 0 Å². The van der Waals surface area contributed by atoms with Crippen LogP contribution in [0.5, 0.6) is 11.5 Å². The lowest BCUT2D eigenvalue weighted by molar-refractivity contribution is 0.0734. The first-order chi connectivity index (χ1) is 19.4. The van der Waals surface area contributed by atoms with Crippen LogP contribution >= 0.6 is 39.1 Å². The van der Waals surface area contributed by atoms with Crippen molar-refractivity contribution in [3.8, 4) is 22.6 Å². The van der Waals surface area contributed by atoms with E-state index in [0.29, 0.717) is 43.6 Å². The van der Waals surface area contributed by atoms with E-state index < -0.39 is 11.9 Å². The average Bonchev–Trinajstić information content (AvgIpc) is 3.34. The van der Waals surface area contributed by atoms with E-state index in [4.69, 9.17) is 32.7 Å². The highest BCUT2D eigenvalue weighted by Crippen LogP contribution is 2.39. The molecule has 0 aliphatic carbocycles. The van der Waals surface area contributed by atoms with E-state index in [2.05, 4.69) is 31.4 Å². The summed E-state index contributed by atoms with van der Waals surface area (Å²) < 4.78 is 11.8. The Labute approximate surface area is 247 Å². The van der Waals surface area contributed by atoms with Crippen LogP contribution in [0.2, 0.25) is 10.0 Å². The van der Waals surface area contributed by atoms with Crippen LogP contribution in [0.3, 0.4) is 0 Å². The molecule has 0 aliphatic rings. The van der Waals surface area contributed by atoms with Crippen LogP contribution in [0.1, 0.15) is 26.4 Å². The Hall–Kier alpha value is -4.11. The average molecular weight is 637 g/mol. The maximum atomic E-state index is 13.4. The van der Waals surface area contributed by atoms with Gasteiger partial charge in [-0.2, -0.15) is 5.10 Å². The summed E-state index contributed by atoms with van der Waals surface area (Å²) in [7, 11) is 1.56. The molecule has 0 unspecified atom stereocenters. The first-order valence-corrected chi connectivity index (χ1v) is 13.4. The quantitative estimate of drug-likeness (QED) is 0.0822. The fourth-order valence-electron chi connectivity index (χ4n) is 4.15. The molecule has 0 saturated heterocycles. The molecule has 1 amide bonds. The molecule has 0 spiro atoms. The number of benzene rings is 4. The number of hydrazone groups is 1. The second-order valence-electron chi connectivity index (χ2n) is 8.52. The number of ether oxygens (including phenoxy) is 2. The smallest absolute Gasteiger partial charge is 0.343 e. The molecule has 0 saturated carbocycles. The molecule has 0 atom stereocenters. The molecule has 0 bridgehead atoms. The van der Waals surface area contributed by atoms with Crippen molar-refractivity contribution in [1.82, 2.24) is 10.4 Å². The van der Waals surface area contributed by atoms with Crippen molar-refractivity contribution < 1.29 is 19.1 Å². The van der Waals surface area contributed by atoms with Crippen molar-refractivity contribution >= 4 is 68.1 Å². The van der Waals surface area contributed by atoms with Gasteiger partial charge in [0.1, 0.15) is 17.2 Å². The molecule has 1 heterocycles. The Bertz CT molecular complexity index is 1770. The van der Waals surface area contributed by atoms with Crippen molar-refractivity contribution in [1.29, 1.82) is 0 Å². The second-order valence-corrected chi connectivity index (χ2v) is 10.3. The highest BCUT2D eigenvalue weighted by Gasteiger charge is 2.22. The number of methoxy groups -OCH3 is 1. The number of esters is 1. The van der Waals surface area contributed by atoms with Gasteiger partial charge in [-0.05, 0) is 54.6 Å². The lowest BCUT2D eigenvalue weighted by Crippen LogP contribution is -2.19. The minimum Gasteiger partial charge on any atom is -0.495 e. The predicted molar refractivity (Wildman–Crippen MR) is 161 cm³/mol. The Balaban J connectivity index is 1.44. The summed E-state index contributed by atoms with van der Waals surface area (Å²) in [4.78, 5) is 29.2. The van der Waals surface area contributed by atoms with Gasteiger partial charge in [-0.25, -0.2) is 10.2 Å². The van der Waals surface area contributed by atoms with Crippen LogP contribution in [0.4, 0.5) is 0 Å². The van der Waals surface area contributed by atoms with E-state index in [-0.39, 0.29) is 11.4 Å². The molecule has 4 aromatic carbocycles. The number of fused-ring (bicyclic) bond motifs is 1. The molecule has 40 heavy (non-hydrogen) atoms. The lowest BCUT2D eigenvalue weighted by atomic mass is 10.0. The van der Waals surface area contributed by atoms with Crippen molar-refractivity contribution in [2.45, 2.75) is 0 Å². The SMILES string of the molecule is COc1cccc2c(-c3ccccc3Cl)c(C(=O)NN=Cc3cc(Br)ccc3OC(=O)c3ccc(Cl)cc3)[nH]c12. The van der Waals surface area contributed by atoms with E-state index in [1.165, 1.54) is 6.21 Å². The van der Waals surface area contributed by atoms with Crippen LogP contribution in [-0.4, -0.2) is 30.2 Å². The highest BCUT2D eigenvalue weighted by molar-refractivity contribution is 9.10. The highest BCUT2D eigenvalue weighted by atomic mass is 79.9. The van der Waals surface area contributed by atoms with Gasteiger partial charge in [0.25, 0.3) is 5.91 Å². The van der Waals surface area contributed by atoms with Gasteiger partial charge in [-0.3, -0.25) is 4.79 Å². The van der Waals surface area contributed by atoms with Gasteiger partial charge in [0.15, 0.2) is 0 Å². The second kappa shape index (κ2) is 12.0. The zero-order chi connectivity index (χ0) is 28.2. The number of para-hydroxylation sites is 1. The van der Waals surface area contributed by atoms with E-state index >= 15 is 0 Å². The van der Waals surface area contributed by atoms with E-state index in [1.807, 2.05) is 30.3 Å². The third-order valence-electron chi connectivity index (χ3n) is 6.01. The number of nitrogens with zero attached hydrogens (tertiary/aromatic N) is 1. The minimum absolute atomic E-state index is 0.258. The predicted octanol–water partition coefficient (Wildman–Crippen LogP) is 7.90. The van der Waals surface area contributed by atoms with Crippen molar-refractivity contribution in [3.63, 3.8) is 0 Å². The number of amides is 1. The summed E-state index contributed by atoms with van der Waals surface area (Å²) in [5.41, 5.74) is 5.56. The Morgan fingerprint density at radius 3 is 2.48 bits per heavy atom. The fraction of sp³-hybridized carbons (Fsp3) is 0.0333. The van der Waals surface area contributed by atoms with E-state index in [0.717, 1.165) is 9.86 Å². The number of nitrogens with one attached hydrogen (secondary N) is 2. The molecule has 0 radical (unpaired) electrons. The molecule has 0 aliphatic heterocycles. The molecule has 7 nitrogen and oxygen atoms in total. The van der Waals surface area contributed by atoms with Gasteiger partial charge in [-0.15, -0.1) is 0 Å². The largest absolute Gasteiger partial charge is 0.495 e. The van der Waals surface area contributed by atoms with Crippen LogP contribution < -0.4 is 14.9 Å². The van der Waals surface area contributed by atoms with Gasteiger partial charge < -0.3 is 14.5 Å². The topological polar surface area (TPSA) is 92.8 Å². The maximum absolute atomic E-state index is 13.4. The molecule has 1 aromatic heterocycles. The first-order valence-electron chi connectivity index (χ1n) is 11.9. The number of H-pyrrole nitrogens is 1. The van der Waals surface area contributed by atoms with Gasteiger partial charge in [0, 0.05) is 36.6 Å². The molecule has 2 N–H and O–H groups in total. The molecule has 10 heteroatoms. The zero-order valence-electron chi connectivity index (χ0n) is 20.9. The van der Waals surface area contributed by atoms with Crippen molar-refractivity contribution in [2.75, 3.05) is 7.11 Å². The van der Waals surface area contributed by atoms with Crippen LogP contribution in [0.15, 0.2) is 94.5 Å². The summed E-state index contributed by atoms with van der Waals surface area (Å²) >= 11 is 15.8. The molecular formula is C30H20BrCl2N3O4. The summed E-state index contributed by atoms with van der Waals surface area (Å²) in [6.07, 6.45) is 1.39. The standard InChI is InChI=1S/C30H20BrCl2N3O4/c1-39-25-8-4-6-22-26(21-5-2-3-7-23(21)33)28(35-27(22)25)29(37)36-34-16-18-15-19(31)11-14-24(18)40-30(38)17-9-12-20(32)13-10-17/h2-16,35H,1H3,(H,36,37). The third kappa shape index (κ3) is 5.74. The minimum atomic E-state index is -0.561. The summed E-state index contributed by atoms with van der Waals surface area (Å²) in [5.74, 6) is -0.226. The Morgan fingerprint density at radius 1 is 0.950 bits per heavy atom. The number of hydrogen-bond acceptors (Lipinski definition) is 5. The molecule has 5 rings (SSSR count). The van der Waals surface area contributed by atoms with Gasteiger partial charge >= 0.3 is 5.97 Å². The fourth-order valence-corrected chi connectivity index (χ4v) is 4.88. The number of hydrogen-bond donors (Lipinski definition) is 2. The maximum Gasteiger partial charge on any atom is 0.343 e. The monoisotopic (exact) mass is 635 g/mol. The summed E-state index contributed by atoms with van der Waals surface area (Å²) in [6, 6.07) is 24.2.